The lowest BCUT2D eigenvalue weighted by Gasteiger charge is -2.14. The SMILES string of the molecule is CC(NC(=O)Cc1csc(C(N)C(C)C)n1)c1ccccc1. The molecule has 2 rings (SSSR count). The average molecular weight is 317 g/mol. The summed E-state index contributed by atoms with van der Waals surface area (Å²) in [4.78, 5) is 16.6. The maximum absolute atomic E-state index is 12.1. The van der Waals surface area contributed by atoms with Crippen molar-refractivity contribution in [3.05, 3.63) is 52.0 Å². The number of nitrogens with two attached hydrogens (primary N) is 1. The lowest BCUT2D eigenvalue weighted by molar-refractivity contribution is -0.121. The van der Waals surface area contributed by atoms with E-state index in [1.54, 1.807) is 0 Å². The van der Waals surface area contributed by atoms with Crippen LogP contribution in [-0.4, -0.2) is 10.9 Å². The molecule has 0 fully saturated rings. The van der Waals surface area contributed by atoms with Crippen LogP contribution in [0.1, 0.15) is 49.1 Å². The number of rotatable bonds is 6. The predicted molar refractivity (Wildman–Crippen MR) is 90.6 cm³/mol. The lowest BCUT2D eigenvalue weighted by Crippen LogP contribution is -2.28. The molecular formula is C17H23N3OS. The Balaban J connectivity index is 1.92. The average Bonchev–Trinajstić information content (AvgIpc) is 2.95. The highest BCUT2D eigenvalue weighted by Crippen LogP contribution is 2.22. The summed E-state index contributed by atoms with van der Waals surface area (Å²) < 4.78 is 0. The fraction of sp³-hybridized carbons (Fsp3) is 0.412. The van der Waals surface area contributed by atoms with Gasteiger partial charge in [0.15, 0.2) is 0 Å². The molecule has 0 spiro atoms. The minimum atomic E-state index is -0.0648. The third-order valence-electron chi connectivity index (χ3n) is 3.59. The van der Waals surface area contributed by atoms with Gasteiger partial charge in [0, 0.05) is 5.38 Å². The minimum absolute atomic E-state index is 0.00951. The van der Waals surface area contributed by atoms with Crippen molar-refractivity contribution in [1.29, 1.82) is 0 Å². The fourth-order valence-electron chi connectivity index (χ4n) is 2.12. The maximum Gasteiger partial charge on any atom is 0.226 e. The fourth-order valence-corrected chi connectivity index (χ4v) is 3.12. The predicted octanol–water partition coefficient (Wildman–Crippen LogP) is 3.22. The second-order valence-electron chi connectivity index (χ2n) is 5.82. The van der Waals surface area contributed by atoms with Crippen molar-refractivity contribution >= 4 is 17.2 Å². The molecule has 5 heteroatoms. The van der Waals surface area contributed by atoms with Gasteiger partial charge >= 0.3 is 0 Å². The van der Waals surface area contributed by atoms with Crippen molar-refractivity contribution in [1.82, 2.24) is 10.3 Å². The molecule has 3 N–H and O–H groups in total. The van der Waals surface area contributed by atoms with Crippen LogP contribution >= 0.6 is 11.3 Å². The molecule has 1 aromatic carbocycles. The molecule has 0 aliphatic rings. The summed E-state index contributed by atoms with van der Waals surface area (Å²) in [5.74, 6) is 0.317. The first-order chi connectivity index (χ1) is 10.5. The van der Waals surface area contributed by atoms with Crippen molar-refractivity contribution in [2.24, 2.45) is 11.7 Å². The molecule has 2 aromatic rings. The molecule has 0 aliphatic heterocycles. The van der Waals surface area contributed by atoms with Crippen LogP contribution in [0.4, 0.5) is 0 Å². The first kappa shape index (κ1) is 16.6. The Morgan fingerprint density at radius 3 is 2.59 bits per heavy atom. The van der Waals surface area contributed by atoms with Crippen molar-refractivity contribution < 1.29 is 4.79 Å². The molecule has 2 unspecified atom stereocenters. The van der Waals surface area contributed by atoms with Gasteiger partial charge < -0.3 is 11.1 Å². The van der Waals surface area contributed by atoms with Crippen LogP contribution in [-0.2, 0) is 11.2 Å². The van der Waals surface area contributed by atoms with E-state index < -0.39 is 0 Å². The molecule has 0 saturated heterocycles. The van der Waals surface area contributed by atoms with Crippen molar-refractivity contribution in [3.8, 4) is 0 Å². The first-order valence-electron chi connectivity index (χ1n) is 7.51. The Kier molecular flexibility index (Phi) is 5.69. The zero-order valence-corrected chi connectivity index (χ0v) is 14.1. The Hall–Kier alpha value is -1.72. The quantitative estimate of drug-likeness (QED) is 0.859. The summed E-state index contributed by atoms with van der Waals surface area (Å²) in [7, 11) is 0. The molecule has 22 heavy (non-hydrogen) atoms. The van der Waals surface area contributed by atoms with Crippen molar-refractivity contribution in [3.63, 3.8) is 0 Å². The topological polar surface area (TPSA) is 68.0 Å². The van der Waals surface area contributed by atoms with Gasteiger partial charge in [0.25, 0.3) is 0 Å². The number of thiazole rings is 1. The van der Waals surface area contributed by atoms with Crippen LogP contribution in [0.2, 0.25) is 0 Å². The highest BCUT2D eigenvalue weighted by atomic mass is 32.1. The molecule has 0 aliphatic carbocycles. The molecule has 1 amide bonds. The largest absolute Gasteiger partial charge is 0.349 e. The molecule has 1 aromatic heterocycles. The number of carbonyl (C=O) groups is 1. The van der Waals surface area contributed by atoms with Gasteiger partial charge in [0.1, 0.15) is 5.01 Å². The molecule has 4 nitrogen and oxygen atoms in total. The third kappa shape index (κ3) is 4.39. The number of hydrogen-bond donors (Lipinski definition) is 2. The zero-order chi connectivity index (χ0) is 16.1. The number of nitrogens with one attached hydrogen (secondary N) is 1. The molecule has 118 valence electrons. The van der Waals surface area contributed by atoms with Crippen LogP contribution in [0, 0.1) is 5.92 Å². The molecular weight excluding hydrogens is 294 g/mol. The van der Waals surface area contributed by atoms with E-state index in [1.165, 1.54) is 11.3 Å². The zero-order valence-electron chi connectivity index (χ0n) is 13.2. The van der Waals surface area contributed by atoms with Gasteiger partial charge in [-0.1, -0.05) is 44.2 Å². The van der Waals surface area contributed by atoms with E-state index in [4.69, 9.17) is 5.73 Å². The summed E-state index contributed by atoms with van der Waals surface area (Å²) in [6.45, 7) is 6.12. The Morgan fingerprint density at radius 2 is 1.95 bits per heavy atom. The minimum Gasteiger partial charge on any atom is -0.349 e. The molecule has 0 bridgehead atoms. The smallest absolute Gasteiger partial charge is 0.226 e. The number of carbonyl (C=O) groups excluding carboxylic acids is 1. The van der Waals surface area contributed by atoms with E-state index in [9.17, 15) is 4.79 Å². The van der Waals surface area contributed by atoms with Gasteiger partial charge in [0.2, 0.25) is 5.91 Å². The Labute approximate surface area is 135 Å². The van der Waals surface area contributed by atoms with E-state index in [1.807, 2.05) is 42.6 Å². The van der Waals surface area contributed by atoms with Crippen LogP contribution in [0.5, 0.6) is 0 Å². The van der Waals surface area contributed by atoms with Gasteiger partial charge in [-0.3, -0.25) is 4.79 Å². The van der Waals surface area contributed by atoms with Crippen LogP contribution in [0.15, 0.2) is 35.7 Å². The third-order valence-corrected chi connectivity index (χ3v) is 4.59. The molecule has 2 atom stereocenters. The Morgan fingerprint density at radius 1 is 1.27 bits per heavy atom. The summed E-state index contributed by atoms with van der Waals surface area (Å²) in [5.41, 5.74) is 7.97. The van der Waals surface area contributed by atoms with E-state index in [2.05, 4.69) is 24.1 Å². The normalized spacial score (nSPS) is 13.9. The van der Waals surface area contributed by atoms with Crippen molar-refractivity contribution in [2.45, 2.75) is 39.3 Å². The van der Waals surface area contributed by atoms with E-state index in [0.717, 1.165) is 16.3 Å². The summed E-state index contributed by atoms with van der Waals surface area (Å²) in [6.07, 6.45) is 0.290. The first-order valence-corrected chi connectivity index (χ1v) is 8.39. The van der Waals surface area contributed by atoms with Gasteiger partial charge in [-0.25, -0.2) is 4.98 Å². The molecule has 0 radical (unpaired) electrons. The Bertz CT molecular complexity index is 609. The number of hydrogen-bond acceptors (Lipinski definition) is 4. The van der Waals surface area contributed by atoms with Gasteiger partial charge in [-0.15, -0.1) is 11.3 Å². The monoisotopic (exact) mass is 317 g/mol. The van der Waals surface area contributed by atoms with Crippen LogP contribution < -0.4 is 11.1 Å². The van der Waals surface area contributed by atoms with E-state index in [0.29, 0.717) is 12.3 Å². The van der Waals surface area contributed by atoms with Crippen LogP contribution in [0.25, 0.3) is 0 Å². The maximum atomic E-state index is 12.1. The van der Waals surface area contributed by atoms with E-state index >= 15 is 0 Å². The number of nitrogens with zero attached hydrogens (tertiary/aromatic N) is 1. The van der Waals surface area contributed by atoms with Crippen LogP contribution in [0.3, 0.4) is 0 Å². The highest BCUT2D eigenvalue weighted by molar-refractivity contribution is 7.09. The summed E-state index contributed by atoms with van der Waals surface area (Å²) >= 11 is 1.53. The van der Waals surface area contributed by atoms with Gasteiger partial charge in [-0.2, -0.15) is 0 Å². The molecule has 1 heterocycles. The lowest BCUT2D eigenvalue weighted by atomic mass is 10.1. The number of aromatic nitrogens is 1. The van der Waals surface area contributed by atoms with Gasteiger partial charge in [-0.05, 0) is 18.4 Å². The van der Waals surface area contributed by atoms with Gasteiger partial charge in [0.05, 0.1) is 24.2 Å². The summed E-state index contributed by atoms with van der Waals surface area (Å²) in [6, 6.07) is 9.85. The highest BCUT2D eigenvalue weighted by Gasteiger charge is 2.16. The van der Waals surface area contributed by atoms with E-state index in [-0.39, 0.29) is 18.0 Å². The number of benzene rings is 1. The second-order valence-corrected chi connectivity index (χ2v) is 6.71. The molecule has 0 saturated carbocycles. The van der Waals surface area contributed by atoms with Crippen molar-refractivity contribution in [2.75, 3.05) is 0 Å². The summed E-state index contributed by atoms with van der Waals surface area (Å²) in [5, 5.41) is 5.82. The second kappa shape index (κ2) is 7.51. The standard InChI is InChI=1S/C17H23N3OS/c1-11(2)16(18)17-20-14(10-22-17)9-15(21)19-12(3)13-7-5-4-6-8-13/h4-8,10-12,16H,9,18H2,1-3H3,(H,19,21). The number of amides is 1.